The molecule has 6 heteroatoms. The van der Waals surface area contributed by atoms with Crippen molar-refractivity contribution in [2.24, 2.45) is 0 Å². The van der Waals surface area contributed by atoms with Crippen LogP contribution in [-0.2, 0) is 16.6 Å². The second-order valence-corrected chi connectivity index (χ2v) is 7.41. The highest BCUT2D eigenvalue weighted by Gasteiger charge is 2.29. The fourth-order valence-electron chi connectivity index (χ4n) is 2.50. The van der Waals surface area contributed by atoms with E-state index in [9.17, 15) is 8.42 Å². The molecule has 4 nitrogen and oxygen atoms in total. The Morgan fingerprint density at radius 3 is 2.90 bits per heavy atom. The maximum atomic E-state index is 12.3. The van der Waals surface area contributed by atoms with Gasteiger partial charge in [-0.15, -0.1) is 0 Å². The molecule has 1 atom stereocenters. The summed E-state index contributed by atoms with van der Waals surface area (Å²) < 4.78 is 28.7. The van der Waals surface area contributed by atoms with Gasteiger partial charge in [0.15, 0.2) is 0 Å². The van der Waals surface area contributed by atoms with Gasteiger partial charge in [0, 0.05) is 24.7 Å². The number of nitrogens with zero attached hydrogens (tertiary/aromatic N) is 1. The van der Waals surface area contributed by atoms with E-state index < -0.39 is 10.2 Å². The van der Waals surface area contributed by atoms with Gasteiger partial charge >= 0.3 is 0 Å². The smallest absolute Gasteiger partial charge is 0.195 e. The molecule has 1 aliphatic carbocycles. The van der Waals surface area contributed by atoms with Crippen LogP contribution in [0, 0.1) is 0 Å². The summed E-state index contributed by atoms with van der Waals surface area (Å²) in [4.78, 5) is 0. The van der Waals surface area contributed by atoms with Crippen molar-refractivity contribution in [3.05, 3.63) is 34.3 Å². The van der Waals surface area contributed by atoms with Gasteiger partial charge in [0.25, 0.3) is 10.2 Å². The van der Waals surface area contributed by atoms with Crippen LogP contribution in [0.5, 0.6) is 0 Å². The summed E-state index contributed by atoms with van der Waals surface area (Å²) in [6, 6.07) is 5.50. The summed E-state index contributed by atoms with van der Waals surface area (Å²) in [5.41, 5.74) is 2.07. The zero-order valence-corrected chi connectivity index (χ0v) is 13.5. The number of rotatable bonds is 6. The van der Waals surface area contributed by atoms with Crippen molar-refractivity contribution in [3.63, 3.8) is 0 Å². The van der Waals surface area contributed by atoms with Crippen LogP contribution in [0.15, 0.2) is 18.2 Å². The molecule has 0 radical (unpaired) electrons. The lowest BCUT2D eigenvalue weighted by Crippen LogP contribution is -2.40. The van der Waals surface area contributed by atoms with Crippen LogP contribution < -0.4 is 4.72 Å². The molecule has 1 N–H and O–H groups in total. The van der Waals surface area contributed by atoms with Crippen LogP contribution in [0.4, 0.5) is 0 Å². The molecule has 1 aliphatic rings. The Kier molecular flexibility index (Phi) is 5.07. The fraction of sp³-hybridized carbons (Fsp3) is 0.571. The van der Waals surface area contributed by atoms with Crippen molar-refractivity contribution in [1.29, 1.82) is 0 Å². The zero-order chi connectivity index (χ0) is 14.8. The summed E-state index contributed by atoms with van der Waals surface area (Å²) in [5, 5.41) is 0.725. The topological polar surface area (TPSA) is 49.4 Å². The number of unbranched alkanes of at least 4 members (excludes halogenated alkanes) is 1. The SMILES string of the molecule is CCCCN(C)S(=O)(=O)N[C@H]1CCc2c(Cl)cccc21. The monoisotopic (exact) mass is 316 g/mol. The van der Waals surface area contributed by atoms with Gasteiger partial charge in [-0.25, -0.2) is 0 Å². The molecule has 112 valence electrons. The molecule has 0 fully saturated rings. The van der Waals surface area contributed by atoms with Crippen molar-refractivity contribution >= 4 is 21.8 Å². The molecular weight excluding hydrogens is 296 g/mol. The van der Waals surface area contributed by atoms with E-state index in [-0.39, 0.29) is 6.04 Å². The van der Waals surface area contributed by atoms with Gasteiger partial charge < -0.3 is 0 Å². The van der Waals surface area contributed by atoms with Crippen molar-refractivity contribution in [1.82, 2.24) is 9.03 Å². The largest absolute Gasteiger partial charge is 0.279 e. The zero-order valence-electron chi connectivity index (χ0n) is 11.9. The quantitative estimate of drug-likeness (QED) is 0.877. The molecule has 0 aromatic heterocycles. The molecule has 0 unspecified atom stereocenters. The minimum absolute atomic E-state index is 0.169. The van der Waals surface area contributed by atoms with Crippen LogP contribution in [0.3, 0.4) is 0 Å². The summed E-state index contributed by atoms with van der Waals surface area (Å²) in [7, 11) is -1.81. The van der Waals surface area contributed by atoms with Gasteiger partial charge in [0.05, 0.1) is 0 Å². The van der Waals surface area contributed by atoms with Gasteiger partial charge in [0.2, 0.25) is 0 Å². The number of nitrogens with one attached hydrogen (secondary N) is 1. The fourth-order valence-corrected chi connectivity index (χ4v) is 3.93. The number of halogens is 1. The second kappa shape index (κ2) is 6.43. The lowest BCUT2D eigenvalue weighted by molar-refractivity contribution is 0.439. The molecule has 0 saturated carbocycles. The Labute approximate surface area is 126 Å². The number of hydrogen-bond acceptors (Lipinski definition) is 2. The van der Waals surface area contributed by atoms with Crippen LogP contribution in [0.1, 0.15) is 43.4 Å². The van der Waals surface area contributed by atoms with Gasteiger partial charge in [-0.1, -0.05) is 37.1 Å². The molecule has 0 saturated heterocycles. The normalized spacial score (nSPS) is 18.5. The van der Waals surface area contributed by atoms with E-state index >= 15 is 0 Å². The van der Waals surface area contributed by atoms with Crippen molar-refractivity contribution < 1.29 is 8.42 Å². The molecule has 0 amide bonds. The van der Waals surface area contributed by atoms with Crippen LogP contribution in [-0.4, -0.2) is 26.3 Å². The number of hydrogen-bond donors (Lipinski definition) is 1. The number of fused-ring (bicyclic) bond motifs is 1. The Bertz CT molecular complexity index is 575. The van der Waals surface area contributed by atoms with Crippen LogP contribution in [0.25, 0.3) is 0 Å². The van der Waals surface area contributed by atoms with E-state index in [1.54, 1.807) is 7.05 Å². The molecule has 1 aromatic carbocycles. The van der Waals surface area contributed by atoms with E-state index in [4.69, 9.17) is 11.6 Å². The first-order valence-corrected chi connectivity index (χ1v) is 8.78. The average molecular weight is 317 g/mol. The standard InChI is InChI=1S/C14H21ClN2O2S/c1-3-4-10-17(2)20(18,19)16-14-9-8-11-12(14)6-5-7-13(11)15/h5-7,14,16H,3-4,8-10H2,1-2H3/t14-/m0/s1. The van der Waals surface area contributed by atoms with E-state index in [1.807, 2.05) is 25.1 Å². The Morgan fingerprint density at radius 1 is 1.45 bits per heavy atom. The van der Waals surface area contributed by atoms with E-state index in [0.29, 0.717) is 6.54 Å². The van der Waals surface area contributed by atoms with E-state index in [1.165, 1.54) is 4.31 Å². The van der Waals surface area contributed by atoms with Crippen molar-refractivity contribution in [3.8, 4) is 0 Å². The van der Waals surface area contributed by atoms with Gasteiger partial charge in [-0.2, -0.15) is 17.4 Å². The summed E-state index contributed by atoms with van der Waals surface area (Å²) in [6.45, 7) is 2.59. The third-order valence-electron chi connectivity index (χ3n) is 3.74. The summed E-state index contributed by atoms with van der Waals surface area (Å²) in [6.07, 6.45) is 3.42. The molecule has 0 aliphatic heterocycles. The molecule has 0 spiro atoms. The molecule has 0 bridgehead atoms. The minimum Gasteiger partial charge on any atom is -0.195 e. The predicted molar refractivity (Wildman–Crippen MR) is 82.1 cm³/mol. The summed E-state index contributed by atoms with van der Waals surface area (Å²) >= 11 is 6.15. The Morgan fingerprint density at radius 2 is 2.20 bits per heavy atom. The molecule has 1 aromatic rings. The van der Waals surface area contributed by atoms with Crippen molar-refractivity contribution in [2.75, 3.05) is 13.6 Å². The van der Waals surface area contributed by atoms with Crippen molar-refractivity contribution in [2.45, 2.75) is 38.6 Å². The third kappa shape index (κ3) is 3.34. The maximum absolute atomic E-state index is 12.3. The molecule has 0 heterocycles. The maximum Gasteiger partial charge on any atom is 0.279 e. The first-order chi connectivity index (χ1) is 9.45. The molecule has 2 rings (SSSR count). The number of benzene rings is 1. The van der Waals surface area contributed by atoms with Gasteiger partial charge in [0.1, 0.15) is 0 Å². The van der Waals surface area contributed by atoms with Gasteiger partial charge in [-0.05, 0) is 36.5 Å². The highest BCUT2D eigenvalue weighted by Crippen LogP contribution is 2.35. The Hall–Kier alpha value is -0.620. The highest BCUT2D eigenvalue weighted by molar-refractivity contribution is 7.87. The molecular formula is C14H21ClN2O2S. The highest BCUT2D eigenvalue weighted by atomic mass is 35.5. The third-order valence-corrected chi connectivity index (χ3v) is 5.68. The minimum atomic E-state index is -3.43. The molecule has 20 heavy (non-hydrogen) atoms. The van der Waals surface area contributed by atoms with E-state index in [2.05, 4.69) is 4.72 Å². The lowest BCUT2D eigenvalue weighted by Gasteiger charge is -2.21. The van der Waals surface area contributed by atoms with Gasteiger partial charge in [-0.3, -0.25) is 0 Å². The van der Waals surface area contributed by atoms with Crippen LogP contribution >= 0.6 is 11.6 Å². The summed E-state index contributed by atoms with van der Waals surface area (Å²) in [5.74, 6) is 0. The predicted octanol–water partition coefficient (Wildman–Crippen LogP) is 2.89. The first-order valence-electron chi connectivity index (χ1n) is 6.96. The average Bonchev–Trinajstić information content (AvgIpc) is 2.80. The first kappa shape index (κ1) is 15.8. The second-order valence-electron chi connectivity index (χ2n) is 5.20. The Balaban J connectivity index is 2.11. The van der Waals surface area contributed by atoms with E-state index in [0.717, 1.165) is 41.8 Å². The van der Waals surface area contributed by atoms with Crippen LogP contribution in [0.2, 0.25) is 5.02 Å². The lowest BCUT2D eigenvalue weighted by atomic mass is 10.1.